The zero-order valence-corrected chi connectivity index (χ0v) is 17.4. The molecule has 0 bridgehead atoms. The Hall–Kier alpha value is -3.95. The van der Waals surface area contributed by atoms with E-state index >= 15 is 0 Å². The molecule has 0 saturated heterocycles. The number of unbranched alkanes of at least 4 members (excludes halogenated alkanes) is 1. The Labute approximate surface area is 184 Å². The molecule has 4 rings (SSSR count). The zero-order chi connectivity index (χ0) is 22.2. The van der Waals surface area contributed by atoms with Gasteiger partial charge in [0, 0.05) is 37.7 Å². The summed E-state index contributed by atoms with van der Waals surface area (Å²) in [5.74, 6) is 0.786. The largest absolute Gasteiger partial charge is 0.368 e. The second kappa shape index (κ2) is 10.4. The second-order valence-corrected chi connectivity index (χ2v) is 7.27. The molecule has 0 aromatic carbocycles. The summed E-state index contributed by atoms with van der Waals surface area (Å²) in [5.41, 5.74) is 1.47. The molecule has 1 aliphatic carbocycles. The highest BCUT2D eigenvalue weighted by Gasteiger charge is 2.26. The molecule has 10 heteroatoms. The molecule has 0 fully saturated rings. The number of carbonyl (C=O) groups excluding carboxylic acids is 2. The number of allylic oxidation sites excluding steroid dienone is 3. The lowest BCUT2D eigenvalue weighted by Gasteiger charge is -2.20. The van der Waals surface area contributed by atoms with E-state index in [2.05, 4.69) is 36.0 Å². The maximum Gasteiger partial charge on any atom is 0.276 e. The van der Waals surface area contributed by atoms with Gasteiger partial charge in [-0.2, -0.15) is 4.98 Å². The molecule has 0 saturated carbocycles. The molecule has 2 aromatic heterocycles. The number of hydrogen-bond donors (Lipinski definition) is 2. The van der Waals surface area contributed by atoms with Crippen molar-refractivity contribution in [1.29, 1.82) is 0 Å². The van der Waals surface area contributed by atoms with Crippen LogP contribution in [0.25, 0.3) is 11.5 Å². The maximum atomic E-state index is 12.1. The molecule has 32 heavy (non-hydrogen) atoms. The fourth-order valence-corrected chi connectivity index (χ4v) is 3.29. The van der Waals surface area contributed by atoms with E-state index in [1.807, 2.05) is 36.4 Å². The highest BCUT2D eigenvalue weighted by atomic mass is 16.5. The van der Waals surface area contributed by atoms with E-state index in [1.165, 1.54) is 0 Å². The molecular formula is C22H23N7O3. The van der Waals surface area contributed by atoms with Crippen LogP contribution in [0, 0.1) is 5.92 Å². The summed E-state index contributed by atoms with van der Waals surface area (Å²) >= 11 is 0. The van der Waals surface area contributed by atoms with Crippen molar-refractivity contribution >= 4 is 11.8 Å². The number of hydrogen-bond acceptors (Lipinski definition) is 8. The van der Waals surface area contributed by atoms with Crippen molar-refractivity contribution < 1.29 is 14.1 Å². The van der Waals surface area contributed by atoms with Crippen LogP contribution < -0.4 is 10.6 Å². The van der Waals surface area contributed by atoms with E-state index in [1.54, 1.807) is 12.3 Å². The first kappa shape index (κ1) is 21.3. The molecule has 164 valence electrons. The topological polar surface area (TPSA) is 135 Å². The first-order chi connectivity index (χ1) is 15.7. The minimum absolute atomic E-state index is 0.0676. The third-order valence-corrected chi connectivity index (χ3v) is 4.96. The second-order valence-electron chi connectivity index (χ2n) is 7.27. The number of aryl methyl sites for hydroxylation is 1. The molecule has 1 unspecified atom stereocenters. The number of fused-ring (bicyclic) bond motifs is 1. The molecule has 0 radical (unpaired) electrons. The van der Waals surface area contributed by atoms with E-state index in [0.29, 0.717) is 42.7 Å². The van der Waals surface area contributed by atoms with Crippen molar-refractivity contribution in [2.75, 3.05) is 13.1 Å². The van der Waals surface area contributed by atoms with Crippen molar-refractivity contribution in [3.8, 4) is 11.5 Å². The van der Waals surface area contributed by atoms with Gasteiger partial charge < -0.3 is 15.2 Å². The minimum Gasteiger partial charge on any atom is -0.368 e. The lowest BCUT2D eigenvalue weighted by Crippen LogP contribution is -2.26. The SMILES string of the molecule is O=C(CCc1nc(-c2ccccn2)no1)NCCCCNC1=C2C=CC=CC2C(=O)N=N1. The van der Waals surface area contributed by atoms with E-state index in [-0.39, 0.29) is 24.2 Å². The molecule has 1 atom stereocenters. The molecule has 10 nitrogen and oxygen atoms in total. The average Bonchev–Trinajstić information content (AvgIpc) is 3.31. The first-order valence-electron chi connectivity index (χ1n) is 10.5. The van der Waals surface area contributed by atoms with Gasteiger partial charge in [-0.1, -0.05) is 35.5 Å². The number of aromatic nitrogens is 3. The Kier molecular flexibility index (Phi) is 6.91. The Morgan fingerprint density at radius 2 is 2.03 bits per heavy atom. The minimum atomic E-state index is -0.349. The smallest absolute Gasteiger partial charge is 0.276 e. The van der Waals surface area contributed by atoms with Gasteiger partial charge >= 0.3 is 0 Å². The molecule has 2 amide bonds. The summed E-state index contributed by atoms with van der Waals surface area (Å²) in [6.45, 7) is 1.24. The van der Waals surface area contributed by atoms with Crippen LogP contribution in [0.5, 0.6) is 0 Å². The molecule has 3 heterocycles. The van der Waals surface area contributed by atoms with E-state index in [0.717, 1.165) is 18.4 Å². The average molecular weight is 433 g/mol. The van der Waals surface area contributed by atoms with Crippen LogP contribution in [-0.4, -0.2) is 40.0 Å². The van der Waals surface area contributed by atoms with Crippen molar-refractivity contribution in [2.45, 2.75) is 25.7 Å². The van der Waals surface area contributed by atoms with Crippen LogP contribution in [0.4, 0.5) is 0 Å². The van der Waals surface area contributed by atoms with Gasteiger partial charge in [0.2, 0.25) is 17.6 Å². The lowest BCUT2D eigenvalue weighted by molar-refractivity contribution is -0.121. The van der Waals surface area contributed by atoms with Crippen LogP contribution >= 0.6 is 0 Å². The predicted octanol–water partition coefficient (Wildman–Crippen LogP) is 2.50. The number of nitrogens with one attached hydrogen (secondary N) is 2. The first-order valence-corrected chi connectivity index (χ1v) is 10.5. The van der Waals surface area contributed by atoms with Crippen LogP contribution in [-0.2, 0) is 16.0 Å². The standard InChI is InChI=1S/C22H23N7O3/c30-18(10-11-19-26-21(29-32-19)17-9-3-4-12-23-17)24-13-5-6-14-25-20-15-7-1-2-8-16(15)22(31)28-27-20/h1-4,7-9,12,16,25H,5-6,10-11,13-14H2,(H,24,30). The normalized spacial score (nSPS) is 16.9. The number of rotatable bonds is 10. The summed E-state index contributed by atoms with van der Waals surface area (Å²) in [6, 6.07) is 5.46. The van der Waals surface area contributed by atoms with Crippen LogP contribution in [0.3, 0.4) is 0 Å². The summed E-state index contributed by atoms with van der Waals surface area (Å²) in [7, 11) is 0. The summed E-state index contributed by atoms with van der Waals surface area (Å²) in [5, 5.41) is 17.7. The Balaban J connectivity index is 1.12. The molecule has 2 N–H and O–H groups in total. The molecule has 1 aliphatic heterocycles. The molecule has 2 aliphatic rings. The summed E-state index contributed by atoms with van der Waals surface area (Å²) in [6.07, 6.45) is 11.4. The third kappa shape index (κ3) is 5.39. The van der Waals surface area contributed by atoms with Gasteiger partial charge in [-0.25, -0.2) is 0 Å². The summed E-state index contributed by atoms with van der Waals surface area (Å²) < 4.78 is 5.19. The fraction of sp³-hybridized carbons (Fsp3) is 0.318. The molecular weight excluding hydrogens is 410 g/mol. The molecule has 0 spiro atoms. The Morgan fingerprint density at radius 3 is 2.91 bits per heavy atom. The quantitative estimate of drug-likeness (QED) is 0.550. The number of amides is 2. The van der Waals surface area contributed by atoms with Crippen molar-refractivity contribution in [1.82, 2.24) is 25.8 Å². The van der Waals surface area contributed by atoms with Gasteiger partial charge in [0.1, 0.15) is 5.69 Å². The van der Waals surface area contributed by atoms with Gasteiger partial charge in [-0.05, 0) is 25.0 Å². The van der Waals surface area contributed by atoms with Crippen LogP contribution in [0.2, 0.25) is 0 Å². The van der Waals surface area contributed by atoms with Crippen molar-refractivity contribution in [2.24, 2.45) is 16.1 Å². The van der Waals surface area contributed by atoms with Gasteiger partial charge in [-0.3, -0.25) is 14.6 Å². The third-order valence-electron chi connectivity index (χ3n) is 4.96. The van der Waals surface area contributed by atoms with E-state index in [4.69, 9.17) is 4.52 Å². The van der Waals surface area contributed by atoms with Gasteiger partial charge in [0.15, 0.2) is 5.82 Å². The zero-order valence-electron chi connectivity index (χ0n) is 17.4. The fourth-order valence-electron chi connectivity index (χ4n) is 3.29. The Morgan fingerprint density at radius 1 is 1.12 bits per heavy atom. The monoisotopic (exact) mass is 433 g/mol. The van der Waals surface area contributed by atoms with E-state index < -0.39 is 0 Å². The molecule has 2 aromatic rings. The van der Waals surface area contributed by atoms with Gasteiger partial charge in [0.25, 0.3) is 5.91 Å². The van der Waals surface area contributed by atoms with E-state index in [9.17, 15) is 9.59 Å². The summed E-state index contributed by atoms with van der Waals surface area (Å²) in [4.78, 5) is 32.3. The Bertz CT molecular complexity index is 1090. The van der Waals surface area contributed by atoms with Crippen LogP contribution in [0.15, 0.2) is 74.8 Å². The number of pyridine rings is 1. The maximum absolute atomic E-state index is 12.1. The number of nitrogens with zero attached hydrogens (tertiary/aromatic N) is 5. The lowest BCUT2D eigenvalue weighted by atomic mass is 9.93. The van der Waals surface area contributed by atoms with Crippen molar-refractivity contribution in [3.05, 3.63) is 66.0 Å². The number of azo groups is 1. The number of carbonyl (C=O) groups is 2. The highest BCUT2D eigenvalue weighted by Crippen LogP contribution is 2.27. The van der Waals surface area contributed by atoms with Crippen molar-refractivity contribution in [3.63, 3.8) is 0 Å². The highest BCUT2D eigenvalue weighted by molar-refractivity contribution is 5.86. The van der Waals surface area contributed by atoms with Crippen LogP contribution in [0.1, 0.15) is 25.2 Å². The predicted molar refractivity (Wildman–Crippen MR) is 115 cm³/mol. The van der Waals surface area contributed by atoms with Gasteiger partial charge in [0.05, 0.1) is 5.92 Å². The van der Waals surface area contributed by atoms with Gasteiger partial charge in [-0.15, -0.1) is 10.2 Å².